The number of para-hydroxylation sites is 1. The molecule has 0 saturated heterocycles. The highest BCUT2D eigenvalue weighted by atomic mass is 35.5. The fourth-order valence-corrected chi connectivity index (χ4v) is 3.20. The summed E-state index contributed by atoms with van der Waals surface area (Å²) in [4.78, 5) is 40.1. The van der Waals surface area contributed by atoms with Crippen LogP contribution >= 0.6 is 11.6 Å². The number of imide groups is 1. The van der Waals surface area contributed by atoms with E-state index < -0.39 is 11.8 Å². The molecule has 1 heterocycles. The van der Waals surface area contributed by atoms with Crippen molar-refractivity contribution in [1.82, 2.24) is 4.90 Å². The molecule has 0 fully saturated rings. The van der Waals surface area contributed by atoms with Crippen molar-refractivity contribution in [2.75, 3.05) is 18.0 Å². The molecule has 0 aromatic heterocycles. The van der Waals surface area contributed by atoms with Gasteiger partial charge in [0.05, 0.1) is 16.1 Å². The van der Waals surface area contributed by atoms with Gasteiger partial charge in [-0.05, 0) is 31.2 Å². The molecule has 0 unspecified atom stereocenters. The van der Waals surface area contributed by atoms with Gasteiger partial charge >= 0.3 is 0 Å². The second-order valence-electron chi connectivity index (χ2n) is 5.65. The first kappa shape index (κ1) is 17.2. The molecule has 25 heavy (non-hydrogen) atoms. The van der Waals surface area contributed by atoms with Crippen LogP contribution in [0.4, 0.5) is 5.69 Å². The van der Waals surface area contributed by atoms with E-state index in [0.717, 1.165) is 10.6 Å². The highest BCUT2D eigenvalue weighted by Gasteiger charge is 2.37. The number of carbonyl (C=O) groups is 3. The topological polar surface area (TPSA) is 57.7 Å². The van der Waals surface area contributed by atoms with E-state index in [0.29, 0.717) is 12.1 Å². The quantitative estimate of drug-likeness (QED) is 0.772. The number of rotatable bonds is 5. The fraction of sp³-hybridized carbons (Fsp3) is 0.211. The van der Waals surface area contributed by atoms with E-state index >= 15 is 0 Å². The predicted molar refractivity (Wildman–Crippen MR) is 95.9 cm³/mol. The van der Waals surface area contributed by atoms with Gasteiger partial charge < -0.3 is 4.90 Å². The molecular formula is C19H17ClN2O3. The van der Waals surface area contributed by atoms with Crippen molar-refractivity contribution in [1.29, 1.82) is 0 Å². The molecule has 3 amide bonds. The zero-order chi connectivity index (χ0) is 18.0. The van der Waals surface area contributed by atoms with Gasteiger partial charge in [-0.15, -0.1) is 0 Å². The number of nitrogens with zero attached hydrogens (tertiary/aromatic N) is 2. The van der Waals surface area contributed by atoms with Gasteiger partial charge in [-0.25, -0.2) is 0 Å². The SMILES string of the molecule is CCN(C(=O)CCN1C(=O)c2cccc(Cl)c2C1=O)c1ccccc1. The molecule has 0 N–H and O–H groups in total. The zero-order valence-electron chi connectivity index (χ0n) is 13.7. The standard InChI is InChI=1S/C19H17ClN2O3/c1-2-21(13-7-4-3-5-8-13)16(23)11-12-22-18(24)14-9-6-10-15(20)17(14)19(22)25/h3-10H,2,11-12H2,1H3. The number of fused-ring (bicyclic) bond motifs is 1. The third-order valence-corrected chi connectivity index (χ3v) is 4.50. The van der Waals surface area contributed by atoms with Crippen molar-refractivity contribution in [2.24, 2.45) is 0 Å². The minimum Gasteiger partial charge on any atom is -0.313 e. The Morgan fingerprint density at radius 3 is 2.40 bits per heavy atom. The molecule has 2 aromatic rings. The Kier molecular flexibility index (Phi) is 4.86. The molecule has 0 spiro atoms. The van der Waals surface area contributed by atoms with E-state index in [9.17, 15) is 14.4 Å². The Morgan fingerprint density at radius 2 is 1.76 bits per heavy atom. The summed E-state index contributed by atoms with van der Waals surface area (Å²) in [5, 5.41) is 0.254. The van der Waals surface area contributed by atoms with E-state index in [2.05, 4.69) is 0 Å². The van der Waals surface area contributed by atoms with Gasteiger partial charge in [0, 0.05) is 25.2 Å². The lowest BCUT2D eigenvalue weighted by Crippen LogP contribution is -2.36. The lowest BCUT2D eigenvalue weighted by molar-refractivity contribution is -0.118. The van der Waals surface area contributed by atoms with Crippen molar-refractivity contribution < 1.29 is 14.4 Å². The van der Waals surface area contributed by atoms with Crippen LogP contribution in [0.2, 0.25) is 5.02 Å². The molecule has 0 bridgehead atoms. The number of benzene rings is 2. The molecule has 3 rings (SSSR count). The summed E-state index contributed by atoms with van der Waals surface area (Å²) in [6.07, 6.45) is 0.0613. The summed E-state index contributed by atoms with van der Waals surface area (Å²) < 4.78 is 0. The van der Waals surface area contributed by atoms with Crippen LogP contribution < -0.4 is 4.90 Å². The number of amides is 3. The first-order valence-electron chi connectivity index (χ1n) is 8.04. The molecular weight excluding hydrogens is 340 g/mol. The third kappa shape index (κ3) is 3.15. The van der Waals surface area contributed by atoms with E-state index in [1.54, 1.807) is 23.1 Å². The lowest BCUT2D eigenvalue weighted by atomic mass is 10.1. The highest BCUT2D eigenvalue weighted by molar-refractivity contribution is 6.37. The average molecular weight is 357 g/mol. The summed E-state index contributed by atoms with van der Waals surface area (Å²) >= 11 is 6.04. The van der Waals surface area contributed by atoms with E-state index in [1.807, 2.05) is 37.3 Å². The molecule has 1 aliphatic heterocycles. The molecule has 0 radical (unpaired) electrons. The first-order valence-corrected chi connectivity index (χ1v) is 8.42. The molecule has 2 aromatic carbocycles. The van der Waals surface area contributed by atoms with E-state index in [4.69, 9.17) is 11.6 Å². The van der Waals surface area contributed by atoms with E-state index in [-0.39, 0.29) is 29.5 Å². The zero-order valence-corrected chi connectivity index (χ0v) is 14.5. The minimum absolute atomic E-state index is 0.0326. The normalized spacial score (nSPS) is 13.1. The molecule has 6 heteroatoms. The summed E-state index contributed by atoms with van der Waals surface area (Å²) in [5.41, 5.74) is 1.30. The molecule has 5 nitrogen and oxygen atoms in total. The second-order valence-corrected chi connectivity index (χ2v) is 6.06. The first-order chi connectivity index (χ1) is 12.0. The van der Waals surface area contributed by atoms with Gasteiger partial charge in [-0.2, -0.15) is 0 Å². The van der Waals surface area contributed by atoms with Crippen LogP contribution in [-0.2, 0) is 4.79 Å². The molecule has 0 saturated carbocycles. The summed E-state index contributed by atoms with van der Waals surface area (Å²) in [7, 11) is 0. The van der Waals surface area contributed by atoms with Crippen molar-refractivity contribution in [2.45, 2.75) is 13.3 Å². The maximum absolute atomic E-state index is 12.5. The number of hydrogen-bond donors (Lipinski definition) is 0. The van der Waals surface area contributed by atoms with Gasteiger partial charge in [0.1, 0.15) is 0 Å². The maximum Gasteiger partial charge on any atom is 0.263 e. The molecule has 0 atom stereocenters. The second kappa shape index (κ2) is 7.07. The minimum atomic E-state index is -0.443. The van der Waals surface area contributed by atoms with Crippen LogP contribution in [0.3, 0.4) is 0 Å². The molecule has 128 valence electrons. The van der Waals surface area contributed by atoms with Gasteiger partial charge in [0.25, 0.3) is 11.8 Å². The van der Waals surface area contributed by atoms with Gasteiger partial charge in [-0.1, -0.05) is 35.9 Å². The van der Waals surface area contributed by atoms with Crippen LogP contribution in [-0.4, -0.2) is 35.7 Å². The Labute approximate surface area is 150 Å². The van der Waals surface area contributed by atoms with Crippen molar-refractivity contribution >= 4 is 35.0 Å². The monoisotopic (exact) mass is 356 g/mol. The molecule has 1 aliphatic rings. The Hall–Kier alpha value is -2.66. The smallest absolute Gasteiger partial charge is 0.263 e. The van der Waals surface area contributed by atoms with Crippen molar-refractivity contribution in [3.8, 4) is 0 Å². The van der Waals surface area contributed by atoms with Crippen LogP contribution in [0.1, 0.15) is 34.1 Å². The number of hydrogen-bond acceptors (Lipinski definition) is 3. The summed E-state index contributed by atoms with van der Waals surface area (Å²) in [6.45, 7) is 2.42. The third-order valence-electron chi connectivity index (χ3n) is 4.18. The largest absolute Gasteiger partial charge is 0.313 e. The van der Waals surface area contributed by atoms with E-state index in [1.165, 1.54) is 0 Å². The summed E-state index contributed by atoms with van der Waals surface area (Å²) in [6, 6.07) is 14.1. The van der Waals surface area contributed by atoms with Crippen LogP contribution in [0.15, 0.2) is 48.5 Å². The average Bonchev–Trinajstić information content (AvgIpc) is 2.86. The predicted octanol–water partition coefficient (Wildman–Crippen LogP) is 3.38. The van der Waals surface area contributed by atoms with Crippen LogP contribution in [0, 0.1) is 0 Å². The van der Waals surface area contributed by atoms with Gasteiger partial charge in [0.2, 0.25) is 5.91 Å². The van der Waals surface area contributed by atoms with Crippen molar-refractivity contribution in [3.05, 3.63) is 64.7 Å². The number of halogens is 1. The van der Waals surface area contributed by atoms with Gasteiger partial charge in [0.15, 0.2) is 0 Å². The lowest BCUT2D eigenvalue weighted by Gasteiger charge is -2.22. The summed E-state index contributed by atoms with van der Waals surface area (Å²) in [5.74, 6) is -0.990. The molecule has 0 aliphatic carbocycles. The Bertz CT molecular complexity index is 836. The maximum atomic E-state index is 12.5. The number of carbonyl (C=O) groups excluding carboxylic acids is 3. The Balaban J connectivity index is 1.72. The van der Waals surface area contributed by atoms with Gasteiger partial charge in [-0.3, -0.25) is 19.3 Å². The van der Waals surface area contributed by atoms with Crippen molar-refractivity contribution in [3.63, 3.8) is 0 Å². The van der Waals surface area contributed by atoms with Crippen LogP contribution in [0.25, 0.3) is 0 Å². The van der Waals surface area contributed by atoms with Crippen LogP contribution in [0.5, 0.6) is 0 Å². The number of anilines is 1. The fourth-order valence-electron chi connectivity index (χ4n) is 2.95. The Morgan fingerprint density at radius 1 is 1.04 bits per heavy atom. The highest BCUT2D eigenvalue weighted by Crippen LogP contribution is 2.29.